The number of hydrogen-bond acceptors (Lipinski definition) is 2. The molecule has 2 unspecified atom stereocenters. The Balaban J connectivity index is 2.00. The number of amides is 1. The average Bonchev–Trinajstić information content (AvgIpc) is 2.51. The maximum absolute atomic E-state index is 12.6. The first-order chi connectivity index (χ1) is 10.2. The fourth-order valence-corrected chi connectivity index (χ4v) is 3.00. The van der Waals surface area contributed by atoms with Crippen molar-refractivity contribution < 1.29 is 9.53 Å². The van der Waals surface area contributed by atoms with E-state index in [1.807, 2.05) is 23.1 Å². The Morgan fingerprint density at radius 1 is 1.29 bits per heavy atom. The van der Waals surface area contributed by atoms with Gasteiger partial charge in [0.25, 0.3) is 0 Å². The van der Waals surface area contributed by atoms with E-state index in [1.165, 1.54) is 5.56 Å². The van der Waals surface area contributed by atoms with Gasteiger partial charge in [-0.25, -0.2) is 0 Å². The minimum absolute atomic E-state index is 0.113. The van der Waals surface area contributed by atoms with Gasteiger partial charge in [0.05, 0.1) is 18.8 Å². The minimum Gasteiger partial charge on any atom is -0.374 e. The smallest absolute Gasteiger partial charge is 0.226 e. The van der Waals surface area contributed by atoms with Gasteiger partial charge in [0.2, 0.25) is 5.91 Å². The van der Waals surface area contributed by atoms with Crippen LogP contribution in [0.25, 0.3) is 0 Å². The van der Waals surface area contributed by atoms with Gasteiger partial charge in [0, 0.05) is 18.9 Å². The molecule has 0 saturated carbocycles. The number of carbonyl (C=O) groups is 1. The first-order valence-corrected chi connectivity index (χ1v) is 8.11. The predicted octanol–water partition coefficient (Wildman–Crippen LogP) is 3.28. The van der Waals surface area contributed by atoms with Crippen molar-refractivity contribution in [2.45, 2.75) is 52.2 Å². The lowest BCUT2D eigenvalue weighted by Gasteiger charge is -2.39. The molecule has 0 N–H and O–H groups in total. The summed E-state index contributed by atoms with van der Waals surface area (Å²) in [6.45, 7) is 7.63. The highest BCUT2D eigenvalue weighted by Gasteiger charge is 2.32. The Kier molecular flexibility index (Phi) is 5.80. The summed E-state index contributed by atoms with van der Waals surface area (Å²) in [6, 6.07) is 10.5. The zero-order chi connectivity index (χ0) is 15.2. The molecule has 0 radical (unpaired) electrons. The number of carbonyl (C=O) groups excluding carboxylic acids is 1. The van der Waals surface area contributed by atoms with Gasteiger partial charge in [-0.1, -0.05) is 44.2 Å². The maximum atomic E-state index is 12.6. The largest absolute Gasteiger partial charge is 0.374 e. The number of ether oxygens (including phenoxy) is 1. The van der Waals surface area contributed by atoms with Gasteiger partial charge in [-0.2, -0.15) is 0 Å². The Labute approximate surface area is 128 Å². The third-order valence-corrected chi connectivity index (χ3v) is 4.43. The van der Waals surface area contributed by atoms with Crippen molar-refractivity contribution in [3.63, 3.8) is 0 Å². The molecule has 1 aromatic rings. The van der Waals surface area contributed by atoms with E-state index in [9.17, 15) is 4.79 Å². The van der Waals surface area contributed by atoms with Crippen LogP contribution < -0.4 is 0 Å². The average molecular weight is 289 g/mol. The first kappa shape index (κ1) is 16.0. The molecular weight excluding hydrogens is 262 g/mol. The van der Waals surface area contributed by atoms with E-state index >= 15 is 0 Å². The van der Waals surface area contributed by atoms with Gasteiger partial charge >= 0.3 is 0 Å². The Morgan fingerprint density at radius 2 is 1.95 bits per heavy atom. The molecule has 116 valence electrons. The molecule has 0 bridgehead atoms. The van der Waals surface area contributed by atoms with Crippen molar-refractivity contribution in [3.8, 4) is 0 Å². The van der Waals surface area contributed by atoms with Crippen LogP contribution in [0.2, 0.25) is 0 Å². The lowest BCUT2D eigenvalue weighted by atomic mass is 9.99. The van der Waals surface area contributed by atoms with Crippen LogP contribution in [0.3, 0.4) is 0 Å². The molecule has 1 saturated heterocycles. The van der Waals surface area contributed by atoms with Crippen LogP contribution in [0, 0.1) is 5.92 Å². The lowest BCUT2D eigenvalue weighted by molar-refractivity contribution is -0.148. The van der Waals surface area contributed by atoms with Crippen LogP contribution in [0.15, 0.2) is 30.3 Å². The van der Waals surface area contributed by atoms with Crippen LogP contribution in [-0.4, -0.2) is 36.1 Å². The number of nitrogens with zero attached hydrogens (tertiary/aromatic N) is 1. The third kappa shape index (κ3) is 4.07. The van der Waals surface area contributed by atoms with Gasteiger partial charge < -0.3 is 9.64 Å². The lowest BCUT2D eigenvalue weighted by Crippen LogP contribution is -2.53. The topological polar surface area (TPSA) is 29.5 Å². The van der Waals surface area contributed by atoms with Crippen LogP contribution in [-0.2, 0) is 16.0 Å². The van der Waals surface area contributed by atoms with Crippen LogP contribution in [0.5, 0.6) is 0 Å². The van der Waals surface area contributed by atoms with E-state index < -0.39 is 0 Å². The molecule has 3 nitrogen and oxygen atoms in total. The Morgan fingerprint density at radius 3 is 2.57 bits per heavy atom. The van der Waals surface area contributed by atoms with E-state index in [0.29, 0.717) is 19.1 Å². The predicted molar refractivity (Wildman–Crippen MR) is 85.1 cm³/mol. The second kappa shape index (κ2) is 7.60. The van der Waals surface area contributed by atoms with Gasteiger partial charge in [-0.05, 0) is 25.3 Å². The van der Waals surface area contributed by atoms with Gasteiger partial charge in [0.15, 0.2) is 0 Å². The monoisotopic (exact) mass is 289 g/mol. The Bertz CT molecular complexity index is 442. The van der Waals surface area contributed by atoms with E-state index in [0.717, 1.165) is 19.3 Å². The highest BCUT2D eigenvalue weighted by Crippen LogP contribution is 2.20. The van der Waals surface area contributed by atoms with E-state index in [4.69, 9.17) is 4.74 Å². The number of benzene rings is 1. The number of hydrogen-bond donors (Lipinski definition) is 0. The van der Waals surface area contributed by atoms with Crippen LogP contribution in [0.1, 0.15) is 39.2 Å². The summed E-state index contributed by atoms with van der Waals surface area (Å²) in [5.41, 5.74) is 1.27. The van der Waals surface area contributed by atoms with E-state index in [2.05, 4.69) is 32.9 Å². The summed E-state index contributed by atoms with van der Waals surface area (Å²) in [5, 5.41) is 0. The highest BCUT2D eigenvalue weighted by molar-refractivity contribution is 5.79. The van der Waals surface area contributed by atoms with Crippen molar-refractivity contribution >= 4 is 5.91 Å². The fraction of sp³-hybridized carbons (Fsp3) is 0.611. The molecule has 1 heterocycles. The zero-order valence-electron chi connectivity index (χ0n) is 13.4. The molecule has 2 rings (SSSR count). The van der Waals surface area contributed by atoms with Crippen molar-refractivity contribution in [3.05, 3.63) is 35.9 Å². The normalized spacial score (nSPS) is 22.6. The van der Waals surface area contributed by atoms with Crippen molar-refractivity contribution in [2.75, 3.05) is 13.2 Å². The molecule has 1 amide bonds. The molecule has 1 aliphatic heterocycles. The molecule has 1 fully saturated rings. The molecule has 2 atom stereocenters. The first-order valence-electron chi connectivity index (χ1n) is 8.11. The van der Waals surface area contributed by atoms with Gasteiger partial charge in [-0.3, -0.25) is 4.79 Å². The van der Waals surface area contributed by atoms with Crippen molar-refractivity contribution in [1.29, 1.82) is 0 Å². The molecule has 0 spiro atoms. The number of morpholine rings is 1. The Hall–Kier alpha value is -1.35. The summed E-state index contributed by atoms with van der Waals surface area (Å²) in [4.78, 5) is 14.7. The number of rotatable bonds is 5. The minimum atomic E-state index is 0.113. The summed E-state index contributed by atoms with van der Waals surface area (Å²) in [5.74, 6) is 0.455. The van der Waals surface area contributed by atoms with E-state index in [-0.39, 0.29) is 18.1 Å². The van der Waals surface area contributed by atoms with Crippen LogP contribution >= 0.6 is 0 Å². The summed E-state index contributed by atoms with van der Waals surface area (Å²) >= 11 is 0. The molecule has 1 aromatic carbocycles. The molecule has 3 heteroatoms. The standard InChI is InChI=1S/C18H27NO2/c1-4-16(5-2)18(20)19-12-17(21-13-14(19)3)11-15-9-7-6-8-10-15/h6-10,14,16-17H,4-5,11-13H2,1-3H3. The van der Waals surface area contributed by atoms with Crippen molar-refractivity contribution in [2.24, 2.45) is 5.92 Å². The molecule has 1 aliphatic rings. The molecule has 0 aliphatic carbocycles. The fourth-order valence-electron chi connectivity index (χ4n) is 3.00. The second-order valence-corrected chi connectivity index (χ2v) is 6.00. The highest BCUT2D eigenvalue weighted by atomic mass is 16.5. The van der Waals surface area contributed by atoms with Crippen LogP contribution in [0.4, 0.5) is 0 Å². The zero-order valence-corrected chi connectivity index (χ0v) is 13.4. The molecular formula is C18H27NO2. The molecule has 0 aromatic heterocycles. The summed E-state index contributed by atoms with van der Waals surface area (Å²) < 4.78 is 5.93. The third-order valence-electron chi connectivity index (χ3n) is 4.43. The van der Waals surface area contributed by atoms with Gasteiger partial charge in [-0.15, -0.1) is 0 Å². The SMILES string of the molecule is CCC(CC)C(=O)N1CC(Cc2ccccc2)OCC1C. The second-order valence-electron chi connectivity index (χ2n) is 6.00. The summed E-state index contributed by atoms with van der Waals surface area (Å²) in [6.07, 6.45) is 2.83. The quantitative estimate of drug-likeness (QED) is 0.832. The summed E-state index contributed by atoms with van der Waals surface area (Å²) in [7, 11) is 0. The molecule has 21 heavy (non-hydrogen) atoms. The maximum Gasteiger partial charge on any atom is 0.226 e. The van der Waals surface area contributed by atoms with E-state index in [1.54, 1.807) is 0 Å². The van der Waals surface area contributed by atoms with Gasteiger partial charge in [0.1, 0.15) is 0 Å². The van der Waals surface area contributed by atoms with Crippen molar-refractivity contribution in [1.82, 2.24) is 4.90 Å².